The molecule has 17 heavy (non-hydrogen) atoms. The van der Waals surface area contributed by atoms with E-state index in [1.165, 1.54) is 19.8 Å². The molecule has 1 saturated carbocycles. The highest BCUT2D eigenvalue weighted by Crippen LogP contribution is 2.23. The number of carbonyl (C=O) groups excluding carboxylic acids is 1. The van der Waals surface area contributed by atoms with Gasteiger partial charge in [0, 0.05) is 6.54 Å². The first-order chi connectivity index (χ1) is 8.00. The number of hydrogen-bond acceptors (Lipinski definition) is 3. The van der Waals surface area contributed by atoms with Crippen LogP contribution in [-0.4, -0.2) is 40.9 Å². The van der Waals surface area contributed by atoms with Crippen LogP contribution in [0.15, 0.2) is 0 Å². The Hall–Kier alpha value is -1.30. The van der Waals surface area contributed by atoms with Crippen LogP contribution in [0.5, 0.6) is 0 Å². The van der Waals surface area contributed by atoms with Crippen molar-refractivity contribution in [1.29, 1.82) is 0 Å². The number of aliphatic hydroxyl groups excluding tert-OH is 1. The summed E-state index contributed by atoms with van der Waals surface area (Å²) in [7, 11) is 0. The highest BCUT2D eigenvalue weighted by Gasteiger charge is 2.25. The molecule has 0 unspecified atom stereocenters. The van der Waals surface area contributed by atoms with E-state index in [2.05, 4.69) is 10.6 Å². The summed E-state index contributed by atoms with van der Waals surface area (Å²) in [5.41, 5.74) is 0. The minimum absolute atomic E-state index is 0.496. The summed E-state index contributed by atoms with van der Waals surface area (Å²) in [5.74, 6) is -0.744. The van der Waals surface area contributed by atoms with E-state index in [1.807, 2.05) is 0 Å². The van der Waals surface area contributed by atoms with Gasteiger partial charge >= 0.3 is 12.0 Å². The Morgan fingerprint density at radius 1 is 1.35 bits per heavy atom. The Balaban J connectivity index is 2.29. The molecule has 6 nitrogen and oxygen atoms in total. The predicted octanol–water partition coefficient (Wildman–Crippen LogP) is 0.310. The molecule has 0 aromatic rings. The van der Waals surface area contributed by atoms with E-state index in [0.29, 0.717) is 12.5 Å². The van der Waals surface area contributed by atoms with Gasteiger partial charge in [-0.05, 0) is 25.7 Å². The molecule has 2 amide bonds. The molecule has 0 radical (unpaired) electrons. The van der Waals surface area contributed by atoms with Crippen molar-refractivity contribution >= 4 is 12.0 Å². The summed E-state index contributed by atoms with van der Waals surface area (Å²) in [4.78, 5) is 22.2. The first-order valence-corrected chi connectivity index (χ1v) is 5.96. The molecule has 0 spiro atoms. The van der Waals surface area contributed by atoms with Crippen LogP contribution < -0.4 is 10.6 Å². The van der Waals surface area contributed by atoms with Crippen molar-refractivity contribution in [3.05, 3.63) is 0 Å². The van der Waals surface area contributed by atoms with Crippen LogP contribution in [0.1, 0.15) is 32.6 Å². The normalized spacial score (nSPS) is 19.6. The first kappa shape index (κ1) is 13.8. The number of aliphatic carboxylic acids is 1. The molecular formula is C11H20N2O4. The minimum Gasteiger partial charge on any atom is -0.480 e. The average molecular weight is 244 g/mol. The lowest BCUT2D eigenvalue weighted by molar-refractivity contribution is -0.141. The van der Waals surface area contributed by atoms with E-state index in [1.54, 1.807) is 0 Å². The van der Waals surface area contributed by atoms with E-state index in [9.17, 15) is 14.7 Å². The van der Waals surface area contributed by atoms with Gasteiger partial charge in [-0.1, -0.05) is 12.8 Å². The van der Waals surface area contributed by atoms with Gasteiger partial charge in [0.25, 0.3) is 0 Å². The van der Waals surface area contributed by atoms with Crippen molar-refractivity contribution in [1.82, 2.24) is 10.6 Å². The second-order valence-electron chi connectivity index (χ2n) is 4.56. The lowest BCUT2D eigenvalue weighted by atomic mass is 10.1. The quantitative estimate of drug-likeness (QED) is 0.559. The molecule has 4 N–H and O–H groups in total. The number of carboxylic acids is 1. The van der Waals surface area contributed by atoms with E-state index in [-0.39, 0.29) is 0 Å². The number of aliphatic hydroxyl groups is 1. The third-order valence-electron chi connectivity index (χ3n) is 3.06. The first-order valence-electron chi connectivity index (χ1n) is 5.96. The van der Waals surface area contributed by atoms with Gasteiger partial charge in [0.2, 0.25) is 0 Å². The van der Waals surface area contributed by atoms with Crippen LogP contribution in [0.2, 0.25) is 0 Å². The fourth-order valence-electron chi connectivity index (χ4n) is 2.03. The molecule has 0 bridgehead atoms. The highest BCUT2D eigenvalue weighted by molar-refractivity contribution is 5.82. The summed E-state index contributed by atoms with van der Waals surface area (Å²) in [6, 6.07) is -1.80. The molecule has 1 fully saturated rings. The summed E-state index contributed by atoms with van der Waals surface area (Å²) >= 11 is 0. The maximum absolute atomic E-state index is 11.4. The van der Waals surface area contributed by atoms with Gasteiger partial charge in [-0.15, -0.1) is 0 Å². The van der Waals surface area contributed by atoms with Gasteiger partial charge < -0.3 is 20.8 Å². The maximum atomic E-state index is 11.4. The van der Waals surface area contributed by atoms with Crippen LogP contribution in [0.25, 0.3) is 0 Å². The number of rotatable bonds is 5. The number of urea groups is 1. The fourth-order valence-corrected chi connectivity index (χ4v) is 2.03. The Morgan fingerprint density at radius 3 is 2.41 bits per heavy atom. The van der Waals surface area contributed by atoms with Gasteiger partial charge in [-0.2, -0.15) is 0 Å². The van der Waals surface area contributed by atoms with Crippen molar-refractivity contribution in [2.75, 3.05) is 6.54 Å². The fraction of sp³-hybridized carbons (Fsp3) is 0.818. The van der Waals surface area contributed by atoms with Gasteiger partial charge in [-0.3, -0.25) is 0 Å². The maximum Gasteiger partial charge on any atom is 0.328 e. The highest BCUT2D eigenvalue weighted by atomic mass is 16.4. The third-order valence-corrected chi connectivity index (χ3v) is 3.06. The monoisotopic (exact) mass is 244 g/mol. The summed E-state index contributed by atoms with van der Waals surface area (Å²) in [6.07, 6.45) is 3.49. The molecule has 0 aromatic carbocycles. The Morgan fingerprint density at radius 2 is 1.94 bits per heavy atom. The largest absolute Gasteiger partial charge is 0.480 e. The van der Waals surface area contributed by atoms with Crippen molar-refractivity contribution in [3.63, 3.8) is 0 Å². The summed E-state index contributed by atoms with van der Waals surface area (Å²) in [6.45, 7) is 1.90. The molecule has 0 aromatic heterocycles. The zero-order chi connectivity index (χ0) is 12.8. The Bertz CT molecular complexity index is 275. The lowest BCUT2D eigenvalue weighted by Gasteiger charge is -2.18. The number of nitrogens with one attached hydrogen (secondary N) is 2. The van der Waals surface area contributed by atoms with E-state index >= 15 is 0 Å². The second kappa shape index (κ2) is 6.44. The number of carbonyl (C=O) groups is 2. The van der Waals surface area contributed by atoms with Crippen LogP contribution in [-0.2, 0) is 4.79 Å². The standard InChI is InChI=1S/C11H20N2O4/c1-7(14)9(10(15)16)13-11(17)12-6-8-4-2-3-5-8/h7-9,14H,2-6H2,1H3,(H,15,16)(H2,12,13,17)/t7-,9+/m1/s1. The molecule has 0 saturated heterocycles. The molecular weight excluding hydrogens is 224 g/mol. The van der Waals surface area contributed by atoms with E-state index in [0.717, 1.165) is 12.8 Å². The summed E-state index contributed by atoms with van der Waals surface area (Å²) < 4.78 is 0. The zero-order valence-electron chi connectivity index (χ0n) is 9.98. The Labute approximate surface area is 100 Å². The molecule has 1 aliphatic carbocycles. The third kappa shape index (κ3) is 4.60. The number of amides is 2. The lowest BCUT2D eigenvalue weighted by Crippen LogP contribution is -2.51. The average Bonchev–Trinajstić information content (AvgIpc) is 2.74. The van der Waals surface area contributed by atoms with E-state index in [4.69, 9.17) is 5.11 Å². The SMILES string of the molecule is C[C@@H](O)[C@H](NC(=O)NCC1CCCC1)C(=O)O. The molecule has 0 aliphatic heterocycles. The minimum atomic E-state index is -1.27. The molecule has 2 atom stereocenters. The smallest absolute Gasteiger partial charge is 0.328 e. The second-order valence-corrected chi connectivity index (χ2v) is 4.56. The van der Waals surface area contributed by atoms with Gasteiger partial charge in [0.15, 0.2) is 6.04 Å². The van der Waals surface area contributed by atoms with Crippen molar-refractivity contribution in [2.45, 2.75) is 44.8 Å². The van der Waals surface area contributed by atoms with Crippen molar-refractivity contribution < 1.29 is 19.8 Å². The van der Waals surface area contributed by atoms with Crippen LogP contribution >= 0.6 is 0 Å². The number of hydrogen-bond donors (Lipinski definition) is 4. The van der Waals surface area contributed by atoms with Crippen LogP contribution in [0.4, 0.5) is 4.79 Å². The number of carboxylic acid groups (broad SMARTS) is 1. The van der Waals surface area contributed by atoms with Crippen LogP contribution in [0.3, 0.4) is 0 Å². The topological polar surface area (TPSA) is 98.7 Å². The van der Waals surface area contributed by atoms with E-state index < -0.39 is 24.1 Å². The summed E-state index contributed by atoms with van der Waals surface area (Å²) in [5, 5.41) is 22.8. The van der Waals surface area contributed by atoms with Crippen molar-refractivity contribution in [3.8, 4) is 0 Å². The van der Waals surface area contributed by atoms with Gasteiger partial charge in [-0.25, -0.2) is 9.59 Å². The molecule has 0 heterocycles. The zero-order valence-corrected chi connectivity index (χ0v) is 9.98. The van der Waals surface area contributed by atoms with Gasteiger partial charge in [0.1, 0.15) is 0 Å². The predicted molar refractivity (Wildman–Crippen MR) is 61.6 cm³/mol. The van der Waals surface area contributed by atoms with Gasteiger partial charge in [0.05, 0.1) is 6.10 Å². The molecule has 6 heteroatoms. The Kier molecular flexibility index (Phi) is 5.21. The molecule has 1 rings (SSSR count). The molecule has 98 valence electrons. The van der Waals surface area contributed by atoms with Crippen molar-refractivity contribution in [2.24, 2.45) is 5.92 Å². The molecule has 1 aliphatic rings. The van der Waals surface area contributed by atoms with Crippen LogP contribution in [0, 0.1) is 5.92 Å².